The number of aromatic nitrogens is 2. The molecular formula is C32H28ClF2N3O3. The highest BCUT2D eigenvalue weighted by molar-refractivity contribution is 6.31. The highest BCUT2D eigenvalue weighted by Gasteiger charge is 2.42. The number of hydrogen-bond donors (Lipinski definition) is 1. The number of halogens is 3. The lowest BCUT2D eigenvalue weighted by Gasteiger charge is -2.36. The average Bonchev–Trinajstić information content (AvgIpc) is 3.73. The Morgan fingerprint density at radius 3 is 2.51 bits per heavy atom. The molecule has 1 aliphatic heterocycles. The van der Waals surface area contributed by atoms with Gasteiger partial charge in [0.2, 0.25) is 5.91 Å². The van der Waals surface area contributed by atoms with Gasteiger partial charge < -0.3 is 10.1 Å². The van der Waals surface area contributed by atoms with Crippen LogP contribution in [-0.2, 0) is 9.53 Å². The van der Waals surface area contributed by atoms with Crippen LogP contribution in [0.1, 0.15) is 47.6 Å². The van der Waals surface area contributed by atoms with Crippen molar-refractivity contribution in [1.29, 1.82) is 0 Å². The third-order valence-corrected chi connectivity index (χ3v) is 8.46. The van der Waals surface area contributed by atoms with Crippen LogP contribution in [0.15, 0.2) is 65.6 Å². The summed E-state index contributed by atoms with van der Waals surface area (Å²) in [5.74, 6) is -0.975. The molecule has 2 aliphatic rings. The molecule has 4 aromatic rings. The van der Waals surface area contributed by atoms with E-state index in [1.807, 2.05) is 19.9 Å². The largest absolute Gasteiger partial charge is 0.379 e. The van der Waals surface area contributed by atoms with Crippen molar-refractivity contribution >= 4 is 23.2 Å². The zero-order chi connectivity index (χ0) is 29.1. The Kier molecular flexibility index (Phi) is 6.78. The molecule has 9 heteroatoms. The molecule has 41 heavy (non-hydrogen) atoms. The fourth-order valence-electron chi connectivity index (χ4n) is 5.46. The van der Waals surface area contributed by atoms with E-state index < -0.39 is 11.2 Å². The number of nitrogens with one attached hydrogen (secondary N) is 1. The van der Waals surface area contributed by atoms with E-state index in [0.717, 1.165) is 17.5 Å². The maximum absolute atomic E-state index is 15.6. The Bertz CT molecular complexity index is 1750. The summed E-state index contributed by atoms with van der Waals surface area (Å²) < 4.78 is 35.7. The summed E-state index contributed by atoms with van der Waals surface area (Å²) in [5, 5.41) is 2.81. The summed E-state index contributed by atoms with van der Waals surface area (Å²) >= 11 is 6.67. The minimum absolute atomic E-state index is 0.0467. The number of carbonyl (C=O) groups excluding carboxylic acids is 1. The van der Waals surface area contributed by atoms with Gasteiger partial charge in [-0.05, 0) is 92.1 Å². The summed E-state index contributed by atoms with van der Waals surface area (Å²) in [7, 11) is 0. The number of aryl methyl sites for hydroxylation is 2. The number of anilines is 1. The summed E-state index contributed by atoms with van der Waals surface area (Å²) in [6, 6.07) is 14.7. The van der Waals surface area contributed by atoms with Gasteiger partial charge in [0, 0.05) is 17.5 Å². The van der Waals surface area contributed by atoms with Gasteiger partial charge in [0.05, 0.1) is 35.7 Å². The lowest BCUT2D eigenvalue weighted by molar-refractivity contribution is -0.151. The monoisotopic (exact) mass is 575 g/mol. The Labute approximate surface area is 241 Å². The van der Waals surface area contributed by atoms with Gasteiger partial charge in [0.25, 0.3) is 5.56 Å². The number of hydrogen-bond acceptors (Lipinski definition) is 4. The second-order valence-corrected chi connectivity index (χ2v) is 11.6. The molecule has 0 bridgehead atoms. The molecule has 2 aromatic carbocycles. The summed E-state index contributed by atoms with van der Waals surface area (Å²) in [6.45, 7) is 5.99. The Hall–Kier alpha value is -3.88. The highest BCUT2D eigenvalue weighted by Crippen LogP contribution is 2.55. The number of rotatable bonds is 6. The van der Waals surface area contributed by atoms with Crippen LogP contribution in [0.2, 0.25) is 5.02 Å². The number of ether oxygens (including phenoxy) is 1. The van der Waals surface area contributed by atoms with Crippen LogP contribution >= 0.6 is 11.6 Å². The molecule has 0 spiro atoms. The van der Waals surface area contributed by atoms with Crippen molar-refractivity contribution in [2.45, 2.75) is 39.0 Å². The number of carbonyl (C=O) groups is 1. The average molecular weight is 576 g/mol. The number of benzene rings is 2. The molecule has 0 unspecified atom stereocenters. The first-order chi connectivity index (χ1) is 19.6. The second-order valence-electron chi connectivity index (χ2n) is 11.2. The van der Waals surface area contributed by atoms with Crippen LogP contribution < -0.4 is 10.9 Å². The molecule has 0 radical (unpaired) electrons. The molecule has 1 N–H and O–H groups in total. The lowest BCUT2D eigenvalue weighted by atomic mass is 9.87. The molecule has 6 rings (SSSR count). The minimum Gasteiger partial charge on any atom is -0.379 e. The quantitative estimate of drug-likeness (QED) is 0.278. The van der Waals surface area contributed by atoms with E-state index in [2.05, 4.69) is 10.3 Å². The van der Waals surface area contributed by atoms with Crippen molar-refractivity contribution in [2.24, 2.45) is 5.41 Å². The van der Waals surface area contributed by atoms with Crippen molar-refractivity contribution in [2.75, 3.05) is 18.5 Å². The zero-order valence-corrected chi connectivity index (χ0v) is 23.6. The number of nitrogens with zero attached hydrogens (tertiary/aromatic N) is 2. The molecule has 1 saturated heterocycles. The molecule has 3 heterocycles. The fraction of sp³-hybridized carbons (Fsp3) is 0.281. The smallest absolute Gasteiger partial charge is 0.274 e. The molecule has 2 atom stereocenters. The van der Waals surface area contributed by atoms with E-state index in [1.165, 1.54) is 22.8 Å². The zero-order valence-electron chi connectivity index (χ0n) is 22.8. The molecule has 2 fully saturated rings. The summed E-state index contributed by atoms with van der Waals surface area (Å²) in [6.07, 6.45) is 2.41. The van der Waals surface area contributed by atoms with Crippen molar-refractivity contribution < 1.29 is 18.3 Å². The van der Waals surface area contributed by atoms with Gasteiger partial charge in [-0.3, -0.25) is 19.1 Å². The van der Waals surface area contributed by atoms with Gasteiger partial charge in [-0.1, -0.05) is 29.8 Å². The van der Waals surface area contributed by atoms with Crippen molar-refractivity contribution in [3.8, 4) is 16.9 Å². The predicted molar refractivity (Wildman–Crippen MR) is 154 cm³/mol. The Morgan fingerprint density at radius 2 is 1.83 bits per heavy atom. The Morgan fingerprint density at radius 1 is 1.10 bits per heavy atom. The summed E-state index contributed by atoms with van der Waals surface area (Å²) in [4.78, 5) is 30.7. The standard InChI is InChI=1S/C32H28ClF2N3O3/c1-17-14-36-26(21-5-4-6-25(29(21)35)37-31(40)32(3)15-41-16-32)13-27(17)38-18(2)11-24(28(33)30(38)39)23-12-22(23)19-7-9-20(34)10-8-19/h4-11,13-14,22-23H,12,15-16H2,1-3H3,(H,37,40)/t22-,23+/m1/s1. The molecule has 210 valence electrons. The van der Waals surface area contributed by atoms with Gasteiger partial charge in [-0.15, -0.1) is 0 Å². The first-order valence-electron chi connectivity index (χ1n) is 13.4. The van der Waals surface area contributed by atoms with E-state index in [4.69, 9.17) is 16.3 Å². The third-order valence-electron chi connectivity index (χ3n) is 8.08. The molecule has 1 aliphatic carbocycles. The van der Waals surface area contributed by atoms with Crippen LogP contribution in [0, 0.1) is 30.9 Å². The van der Waals surface area contributed by atoms with Crippen molar-refractivity contribution in [3.05, 3.63) is 110 Å². The van der Waals surface area contributed by atoms with E-state index in [9.17, 15) is 14.0 Å². The third kappa shape index (κ3) is 4.85. The number of pyridine rings is 2. The number of amides is 1. The van der Waals surface area contributed by atoms with Gasteiger partial charge in [-0.25, -0.2) is 8.78 Å². The molecule has 1 amide bonds. The van der Waals surface area contributed by atoms with E-state index in [1.54, 1.807) is 43.5 Å². The van der Waals surface area contributed by atoms with Crippen molar-refractivity contribution in [3.63, 3.8) is 0 Å². The Balaban J connectivity index is 1.33. The molecule has 2 aromatic heterocycles. The maximum atomic E-state index is 15.6. The van der Waals surface area contributed by atoms with Gasteiger partial charge >= 0.3 is 0 Å². The van der Waals surface area contributed by atoms with Crippen molar-refractivity contribution in [1.82, 2.24) is 9.55 Å². The molecule has 1 saturated carbocycles. The first kappa shape index (κ1) is 27.3. The topological polar surface area (TPSA) is 73.2 Å². The van der Waals surface area contributed by atoms with Crippen LogP contribution in [-0.4, -0.2) is 28.7 Å². The van der Waals surface area contributed by atoms with Crippen LogP contribution in [0.4, 0.5) is 14.5 Å². The maximum Gasteiger partial charge on any atom is 0.274 e. The van der Waals surface area contributed by atoms with Crippen LogP contribution in [0.3, 0.4) is 0 Å². The van der Waals surface area contributed by atoms with E-state index in [-0.39, 0.29) is 58.6 Å². The van der Waals surface area contributed by atoms with Crippen LogP contribution in [0.5, 0.6) is 0 Å². The van der Waals surface area contributed by atoms with Gasteiger partial charge in [0.15, 0.2) is 5.82 Å². The second kappa shape index (κ2) is 10.2. The molecular weight excluding hydrogens is 548 g/mol. The SMILES string of the molecule is Cc1cnc(-c2cccc(NC(=O)C3(C)COC3)c2F)cc1-n1c(C)cc([C@H]2C[C@@H]2c2ccc(F)cc2)c(Cl)c1=O. The van der Waals surface area contributed by atoms with E-state index >= 15 is 4.39 Å². The minimum atomic E-state index is -0.693. The van der Waals surface area contributed by atoms with Gasteiger partial charge in [-0.2, -0.15) is 0 Å². The van der Waals surface area contributed by atoms with E-state index in [0.29, 0.717) is 22.6 Å². The van der Waals surface area contributed by atoms with Crippen LogP contribution in [0.25, 0.3) is 16.9 Å². The first-order valence-corrected chi connectivity index (χ1v) is 13.8. The van der Waals surface area contributed by atoms with Gasteiger partial charge in [0.1, 0.15) is 10.8 Å². The normalized spacial score (nSPS) is 19.0. The molecule has 6 nitrogen and oxygen atoms in total. The highest BCUT2D eigenvalue weighted by atomic mass is 35.5. The summed E-state index contributed by atoms with van der Waals surface area (Å²) in [5.41, 5.74) is 3.18. The predicted octanol–water partition coefficient (Wildman–Crippen LogP) is 6.69. The lowest BCUT2D eigenvalue weighted by Crippen LogP contribution is -2.49. The fourth-order valence-corrected chi connectivity index (χ4v) is 5.74.